The van der Waals surface area contributed by atoms with E-state index >= 15 is 0 Å². The predicted molar refractivity (Wildman–Crippen MR) is 82.5 cm³/mol. The fourth-order valence-electron chi connectivity index (χ4n) is 1.78. The monoisotopic (exact) mass is 325 g/mol. The van der Waals surface area contributed by atoms with E-state index in [9.17, 15) is 18.0 Å². The van der Waals surface area contributed by atoms with E-state index in [1.165, 1.54) is 31.2 Å². The highest BCUT2D eigenvalue weighted by molar-refractivity contribution is 7.91. The Morgan fingerprint density at radius 3 is 2.64 bits per heavy atom. The summed E-state index contributed by atoms with van der Waals surface area (Å²) in [5.41, 5.74) is 0.111. The molecule has 1 amide bonds. The Hall–Kier alpha value is -2.15. The second kappa shape index (κ2) is 7.74. The van der Waals surface area contributed by atoms with Crippen LogP contribution in [0.15, 0.2) is 41.8 Å². The van der Waals surface area contributed by atoms with Crippen molar-refractivity contribution in [3.8, 4) is 0 Å². The van der Waals surface area contributed by atoms with Gasteiger partial charge in [-0.25, -0.2) is 13.2 Å². The zero-order valence-electron chi connectivity index (χ0n) is 12.3. The smallest absolute Gasteiger partial charge is 0.326 e. The van der Waals surface area contributed by atoms with Crippen molar-refractivity contribution in [3.63, 3.8) is 0 Å². The molecule has 120 valence electrons. The number of hydrogen-bond acceptors (Lipinski definition) is 4. The maximum atomic E-state index is 12.1. The summed E-state index contributed by atoms with van der Waals surface area (Å²) in [5, 5.41) is 11.5. The number of allylic oxidation sites excluding steroid dienone is 1. The quantitative estimate of drug-likeness (QED) is 0.708. The molecule has 1 atom stereocenters. The molecule has 0 fully saturated rings. The van der Waals surface area contributed by atoms with E-state index in [0.29, 0.717) is 6.42 Å². The van der Waals surface area contributed by atoms with Crippen molar-refractivity contribution in [1.82, 2.24) is 5.32 Å². The third-order valence-corrected chi connectivity index (χ3v) is 4.83. The molecule has 7 heteroatoms. The molecule has 1 aromatic rings. The summed E-state index contributed by atoms with van der Waals surface area (Å²) in [5.74, 6) is -1.84. The van der Waals surface area contributed by atoms with Gasteiger partial charge in [0, 0.05) is 5.56 Å². The highest BCUT2D eigenvalue weighted by Gasteiger charge is 2.21. The van der Waals surface area contributed by atoms with Gasteiger partial charge in [-0.2, -0.15) is 0 Å². The molecule has 0 aliphatic rings. The number of sulfone groups is 1. The summed E-state index contributed by atoms with van der Waals surface area (Å²) in [6.45, 7) is 5.02. The number of rotatable bonds is 8. The van der Waals surface area contributed by atoms with Gasteiger partial charge in [-0.3, -0.25) is 4.79 Å². The lowest BCUT2D eigenvalue weighted by Gasteiger charge is -2.14. The number of benzene rings is 1. The van der Waals surface area contributed by atoms with E-state index in [2.05, 4.69) is 11.9 Å². The van der Waals surface area contributed by atoms with E-state index in [0.717, 1.165) is 0 Å². The van der Waals surface area contributed by atoms with Crippen LogP contribution in [0.5, 0.6) is 0 Å². The van der Waals surface area contributed by atoms with Crippen LogP contribution in [0.4, 0.5) is 0 Å². The number of nitrogens with one attached hydrogen (secondary N) is 1. The van der Waals surface area contributed by atoms with Gasteiger partial charge in [-0.15, -0.1) is 6.58 Å². The largest absolute Gasteiger partial charge is 0.480 e. The summed E-state index contributed by atoms with van der Waals surface area (Å²) >= 11 is 0. The van der Waals surface area contributed by atoms with Crippen LogP contribution in [0.1, 0.15) is 30.1 Å². The molecule has 22 heavy (non-hydrogen) atoms. The molecule has 0 aliphatic carbocycles. The molecular formula is C15H19NO5S. The molecule has 6 nitrogen and oxygen atoms in total. The van der Waals surface area contributed by atoms with Crippen LogP contribution in [0, 0.1) is 0 Å². The Morgan fingerprint density at radius 2 is 2.09 bits per heavy atom. The van der Waals surface area contributed by atoms with Crippen LogP contribution in [-0.4, -0.2) is 37.2 Å². The van der Waals surface area contributed by atoms with E-state index < -0.39 is 27.8 Å². The molecule has 0 radical (unpaired) electrons. The molecular weight excluding hydrogens is 306 g/mol. The van der Waals surface area contributed by atoms with Crippen molar-refractivity contribution in [1.29, 1.82) is 0 Å². The van der Waals surface area contributed by atoms with Gasteiger partial charge in [0.15, 0.2) is 9.84 Å². The number of aliphatic carboxylic acids is 1. The Kier molecular flexibility index (Phi) is 6.30. The van der Waals surface area contributed by atoms with Crippen LogP contribution >= 0.6 is 0 Å². The summed E-state index contributed by atoms with van der Waals surface area (Å²) in [7, 11) is -3.42. The lowest BCUT2D eigenvalue weighted by atomic mass is 10.1. The maximum Gasteiger partial charge on any atom is 0.326 e. The topological polar surface area (TPSA) is 101 Å². The molecule has 0 saturated carbocycles. The minimum absolute atomic E-state index is 0.0422. The van der Waals surface area contributed by atoms with Gasteiger partial charge >= 0.3 is 5.97 Å². The average molecular weight is 325 g/mol. The van der Waals surface area contributed by atoms with Gasteiger partial charge in [0.05, 0.1) is 10.6 Å². The van der Waals surface area contributed by atoms with Crippen LogP contribution in [0.2, 0.25) is 0 Å². The molecule has 0 spiro atoms. The summed E-state index contributed by atoms with van der Waals surface area (Å²) in [6.07, 6.45) is 2.23. The van der Waals surface area contributed by atoms with Crippen molar-refractivity contribution in [2.45, 2.75) is 30.7 Å². The molecule has 0 heterocycles. The number of amides is 1. The second-order valence-electron chi connectivity index (χ2n) is 4.66. The van der Waals surface area contributed by atoms with Crippen molar-refractivity contribution in [2.75, 3.05) is 5.75 Å². The Labute approximate surface area is 129 Å². The third-order valence-electron chi connectivity index (χ3n) is 3.10. The second-order valence-corrected chi connectivity index (χ2v) is 6.94. The Morgan fingerprint density at radius 1 is 1.41 bits per heavy atom. The third kappa shape index (κ3) is 4.70. The standard InChI is InChI=1S/C15H19NO5S/c1-3-5-9-13(15(18)19)16-14(17)11-7-6-8-12(10-11)22(20,21)4-2/h3,6-8,10,13H,1,4-5,9H2,2H3,(H,16,17)(H,18,19). The predicted octanol–water partition coefficient (Wildman–Crippen LogP) is 1.63. The summed E-state index contributed by atoms with van der Waals surface area (Å²) < 4.78 is 23.6. The van der Waals surface area contributed by atoms with E-state index in [-0.39, 0.29) is 22.6 Å². The molecule has 0 bridgehead atoms. The highest BCUT2D eigenvalue weighted by atomic mass is 32.2. The van der Waals surface area contributed by atoms with Gasteiger partial charge in [-0.1, -0.05) is 19.1 Å². The minimum Gasteiger partial charge on any atom is -0.480 e. The number of carbonyl (C=O) groups is 2. The normalized spacial score (nSPS) is 12.4. The number of carboxylic acid groups (broad SMARTS) is 1. The molecule has 1 rings (SSSR count). The maximum absolute atomic E-state index is 12.1. The first-order valence-corrected chi connectivity index (χ1v) is 8.44. The summed E-state index contributed by atoms with van der Waals surface area (Å²) in [4.78, 5) is 23.2. The van der Waals surface area contributed by atoms with E-state index in [1.807, 2.05) is 0 Å². The van der Waals surface area contributed by atoms with Crippen LogP contribution < -0.4 is 5.32 Å². The number of carboxylic acids is 1. The molecule has 1 unspecified atom stereocenters. The van der Waals surface area contributed by atoms with E-state index in [4.69, 9.17) is 5.11 Å². The zero-order chi connectivity index (χ0) is 16.8. The van der Waals surface area contributed by atoms with Crippen molar-refractivity contribution < 1.29 is 23.1 Å². The number of carbonyl (C=O) groups excluding carboxylic acids is 1. The van der Waals surface area contributed by atoms with Gasteiger partial charge in [0.2, 0.25) is 0 Å². The first-order chi connectivity index (χ1) is 10.3. The first kappa shape index (κ1) is 17.9. The Bertz CT molecular complexity index is 666. The average Bonchev–Trinajstić information content (AvgIpc) is 2.51. The minimum atomic E-state index is -3.42. The molecule has 1 aromatic carbocycles. The van der Waals surface area contributed by atoms with Crippen molar-refractivity contribution in [2.24, 2.45) is 0 Å². The molecule has 0 aliphatic heterocycles. The highest BCUT2D eigenvalue weighted by Crippen LogP contribution is 2.13. The van der Waals surface area contributed by atoms with Gasteiger partial charge in [-0.05, 0) is 31.0 Å². The number of hydrogen-bond donors (Lipinski definition) is 2. The van der Waals surface area contributed by atoms with E-state index in [1.54, 1.807) is 6.08 Å². The molecule has 2 N–H and O–H groups in total. The first-order valence-electron chi connectivity index (χ1n) is 6.79. The van der Waals surface area contributed by atoms with Gasteiger partial charge in [0.25, 0.3) is 5.91 Å². The summed E-state index contributed by atoms with van der Waals surface area (Å²) in [6, 6.07) is 4.51. The zero-order valence-corrected chi connectivity index (χ0v) is 13.1. The lowest BCUT2D eigenvalue weighted by Crippen LogP contribution is -2.40. The van der Waals surface area contributed by atoms with Crippen LogP contribution in [0.3, 0.4) is 0 Å². The molecule has 0 saturated heterocycles. The van der Waals surface area contributed by atoms with Gasteiger partial charge in [0.1, 0.15) is 6.04 Å². The van der Waals surface area contributed by atoms with Crippen molar-refractivity contribution >= 4 is 21.7 Å². The molecule has 0 aromatic heterocycles. The fourth-order valence-corrected chi connectivity index (χ4v) is 2.71. The SMILES string of the molecule is C=CCCC(NC(=O)c1cccc(S(=O)(=O)CC)c1)C(=O)O. The van der Waals surface area contributed by atoms with Crippen LogP contribution in [0.25, 0.3) is 0 Å². The lowest BCUT2D eigenvalue weighted by molar-refractivity contribution is -0.139. The van der Waals surface area contributed by atoms with Crippen molar-refractivity contribution in [3.05, 3.63) is 42.5 Å². The fraction of sp³-hybridized carbons (Fsp3) is 0.333. The Balaban J connectivity index is 2.96. The van der Waals surface area contributed by atoms with Crippen LogP contribution in [-0.2, 0) is 14.6 Å². The van der Waals surface area contributed by atoms with Gasteiger partial charge < -0.3 is 10.4 Å².